The summed E-state index contributed by atoms with van der Waals surface area (Å²) in [6.07, 6.45) is 2.18. The molecule has 1 aromatic heterocycles. The van der Waals surface area contributed by atoms with Crippen molar-refractivity contribution in [2.75, 3.05) is 18.6 Å². The zero-order chi connectivity index (χ0) is 24.2. The number of rotatable bonds is 8. The molecule has 7 heteroatoms. The molecule has 0 saturated heterocycles. The first-order valence-corrected chi connectivity index (χ1v) is 13.0. The lowest BCUT2D eigenvalue weighted by Gasteiger charge is -2.17. The van der Waals surface area contributed by atoms with Crippen LogP contribution in [0.5, 0.6) is 0 Å². The lowest BCUT2D eigenvalue weighted by molar-refractivity contribution is 0.136. The van der Waals surface area contributed by atoms with Crippen LogP contribution in [0, 0.1) is 6.92 Å². The van der Waals surface area contributed by atoms with Gasteiger partial charge in [-0.25, -0.2) is 4.79 Å². The second-order valence-corrected chi connectivity index (χ2v) is 9.61. The van der Waals surface area contributed by atoms with Crippen LogP contribution in [0.3, 0.4) is 0 Å². The first-order chi connectivity index (χ1) is 17.1. The summed E-state index contributed by atoms with van der Waals surface area (Å²) in [6.45, 7) is 2.29. The predicted molar refractivity (Wildman–Crippen MR) is 138 cm³/mol. The number of hydrogen-bond donors (Lipinski definition) is 1. The molecular weight excluding hydrogens is 458 g/mol. The number of carbonyl (C=O) groups excluding carboxylic acids is 1. The number of aromatic nitrogens is 2. The molecule has 0 fully saturated rings. The van der Waals surface area contributed by atoms with Crippen LogP contribution in [-0.2, 0) is 4.74 Å². The number of hydrogen-bond acceptors (Lipinski definition) is 6. The van der Waals surface area contributed by atoms with Gasteiger partial charge in [-0.3, -0.25) is 0 Å². The summed E-state index contributed by atoms with van der Waals surface area (Å²) in [7, 11) is 0. The van der Waals surface area contributed by atoms with E-state index >= 15 is 0 Å². The van der Waals surface area contributed by atoms with Crippen LogP contribution in [0.15, 0.2) is 77.3 Å². The number of nitrogens with zero attached hydrogens (tertiary/aromatic N) is 2. The van der Waals surface area contributed by atoms with Crippen molar-refractivity contribution in [1.29, 1.82) is 0 Å². The van der Waals surface area contributed by atoms with Crippen molar-refractivity contribution in [2.24, 2.45) is 0 Å². The molecule has 1 atom stereocenters. The van der Waals surface area contributed by atoms with Crippen molar-refractivity contribution in [3.8, 4) is 22.5 Å². The molecule has 1 heterocycles. The monoisotopic (exact) mass is 485 g/mol. The molecule has 0 aliphatic heterocycles. The molecule has 35 heavy (non-hydrogen) atoms. The molecule has 0 saturated carbocycles. The Labute approximate surface area is 209 Å². The Hall–Kier alpha value is -3.58. The highest BCUT2D eigenvalue weighted by Gasteiger charge is 2.30. The molecule has 1 N–H and O–H groups in total. The van der Waals surface area contributed by atoms with E-state index in [0.717, 1.165) is 16.9 Å². The van der Waals surface area contributed by atoms with E-state index in [1.54, 1.807) is 11.8 Å². The van der Waals surface area contributed by atoms with Crippen LogP contribution < -0.4 is 5.32 Å². The number of benzene rings is 3. The number of ether oxygens (including phenoxy) is 1. The van der Waals surface area contributed by atoms with Crippen LogP contribution in [0.1, 0.15) is 41.0 Å². The maximum absolute atomic E-state index is 12.9. The van der Waals surface area contributed by atoms with E-state index in [1.165, 1.54) is 22.3 Å². The zero-order valence-electron chi connectivity index (χ0n) is 19.7. The van der Waals surface area contributed by atoms with Crippen molar-refractivity contribution in [1.82, 2.24) is 15.5 Å². The molecule has 1 amide bonds. The van der Waals surface area contributed by atoms with Crippen molar-refractivity contribution in [3.63, 3.8) is 0 Å². The van der Waals surface area contributed by atoms with Crippen molar-refractivity contribution in [3.05, 3.63) is 95.4 Å². The Morgan fingerprint density at radius 2 is 1.69 bits per heavy atom. The first-order valence-electron chi connectivity index (χ1n) is 11.6. The SMILES string of the molecule is CSCC[C@H](NC(=O)OCC1c2ccccc2-c2ccccc21)c1nc(-c2ccc(C)cc2)no1. The Kier molecular flexibility index (Phi) is 6.86. The third-order valence-electron chi connectivity index (χ3n) is 6.30. The fourth-order valence-corrected chi connectivity index (χ4v) is 4.94. The molecule has 4 aromatic rings. The maximum atomic E-state index is 12.9. The fraction of sp³-hybridized carbons (Fsp3) is 0.250. The highest BCUT2D eigenvalue weighted by molar-refractivity contribution is 7.98. The highest BCUT2D eigenvalue weighted by Crippen LogP contribution is 2.44. The number of aryl methyl sites for hydroxylation is 1. The standard InChI is InChI=1S/C28H27N3O3S/c1-18-11-13-19(14-12-18)26-30-27(34-31-26)25(15-16-35-2)29-28(32)33-17-24-22-9-5-3-7-20(22)21-8-4-6-10-23(21)24/h3-14,24-25H,15-17H2,1-2H3,(H,29,32)/t25-/m0/s1. The van der Waals surface area contributed by atoms with Gasteiger partial charge in [-0.1, -0.05) is 83.5 Å². The molecule has 0 spiro atoms. The fourth-order valence-electron chi connectivity index (χ4n) is 4.47. The summed E-state index contributed by atoms with van der Waals surface area (Å²) in [5.41, 5.74) is 6.79. The van der Waals surface area contributed by atoms with E-state index in [0.29, 0.717) is 18.1 Å². The molecule has 1 aliphatic carbocycles. The van der Waals surface area contributed by atoms with Crippen LogP contribution in [0.25, 0.3) is 22.5 Å². The summed E-state index contributed by atoms with van der Waals surface area (Å²) in [6, 6.07) is 24.1. The largest absolute Gasteiger partial charge is 0.449 e. The molecular formula is C28H27N3O3S. The summed E-state index contributed by atoms with van der Waals surface area (Å²) in [5.74, 6) is 1.72. The minimum Gasteiger partial charge on any atom is -0.449 e. The van der Waals surface area contributed by atoms with Gasteiger partial charge in [-0.2, -0.15) is 16.7 Å². The molecule has 5 rings (SSSR count). The van der Waals surface area contributed by atoms with E-state index in [-0.39, 0.29) is 12.5 Å². The van der Waals surface area contributed by atoms with Crippen molar-refractivity contribution < 1.29 is 14.1 Å². The molecule has 0 bridgehead atoms. The van der Waals surface area contributed by atoms with Crippen molar-refractivity contribution >= 4 is 17.9 Å². The number of nitrogens with one attached hydrogen (secondary N) is 1. The molecule has 178 valence electrons. The Morgan fingerprint density at radius 3 is 2.34 bits per heavy atom. The first kappa shape index (κ1) is 23.2. The van der Waals surface area contributed by atoms with E-state index in [9.17, 15) is 4.79 Å². The highest BCUT2D eigenvalue weighted by atomic mass is 32.2. The normalized spacial score (nSPS) is 13.2. The van der Waals surface area contributed by atoms with Gasteiger partial charge in [0.05, 0.1) is 0 Å². The summed E-state index contributed by atoms with van der Waals surface area (Å²) >= 11 is 1.69. The number of carbonyl (C=O) groups is 1. The van der Waals surface area contributed by atoms with Gasteiger partial charge >= 0.3 is 6.09 Å². The number of thioether (sulfide) groups is 1. The smallest absolute Gasteiger partial charge is 0.407 e. The van der Waals surface area contributed by atoms with Crippen LogP contribution in [0.2, 0.25) is 0 Å². The van der Waals surface area contributed by atoms with Crippen molar-refractivity contribution in [2.45, 2.75) is 25.3 Å². The lowest BCUT2D eigenvalue weighted by Crippen LogP contribution is -2.31. The van der Waals surface area contributed by atoms with E-state index in [1.807, 2.05) is 61.7 Å². The topological polar surface area (TPSA) is 77.2 Å². The van der Waals surface area contributed by atoms with Gasteiger partial charge in [-0.05, 0) is 47.6 Å². The molecule has 6 nitrogen and oxygen atoms in total. The quantitative estimate of drug-likeness (QED) is 0.312. The minimum atomic E-state index is -0.493. The average molecular weight is 486 g/mol. The van der Waals surface area contributed by atoms with E-state index in [4.69, 9.17) is 9.26 Å². The number of amides is 1. The molecule has 0 radical (unpaired) electrons. The summed E-state index contributed by atoms with van der Waals surface area (Å²) < 4.78 is 11.3. The third kappa shape index (κ3) is 4.95. The Morgan fingerprint density at radius 1 is 1.03 bits per heavy atom. The van der Waals surface area contributed by atoms with E-state index < -0.39 is 12.1 Å². The second-order valence-electron chi connectivity index (χ2n) is 8.63. The summed E-state index contributed by atoms with van der Waals surface area (Å²) in [5, 5.41) is 7.07. The van der Waals surface area contributed by atoms with Gasteiger partial charge in [0, 0.05) is 11.5 Å². The van der Waals surface area contributed by atoms with Gasteiger partial charge in [0.2, 0.25) is 11.7 Å². The third-order valence-corrected chi connectivity index (χ3v) is 6.94. The number of fused-ring (bicyclic) bond motifs is 3. The summed E-state index contributed by atoms with van der Waals surface area (Å²) in [4.78, 5) is 17.4. The second kappa shape index (κ2) is 10.4. The van der Waals surface area contributed by atoms with Crippen LogP contribution in [-0.4, -0.2) is 34.8 Å². The van der Waals surface area contributed by atoms with Gasteiger partial charge in [0.1, 0.15) is 12.6 Å². The molecule has 0 unspecified atom stereocenters. The van der Waals surface area contributed by atoms with Crippen LogP contribution in [0.4, 0.5) is 4.79 Å². The molecule has 3 aromatic carbocycles. The van der Waals surface area contributed by atoms with Gasteiger partial charge in [0.15, 0.2) is 0 Å². The lowest BCUT2D eigenvalue weighted by atomic mass is 9.98. The van der Waals surface area contributed by atoms with Gasteiger partial charge < -0.3 is 14.6 Å². The minimum absolute atomic E-state index is 0.00865. The number of alkyl carbamates (subject to hydrolysis) is 1. The van der Waals surface area contributed by atoms with Crippen LogP contribution >= 0.6 is 11.8 Å². The Balaban J connectivity index is 1.28. The average Bonchev–Trinajstić information content (AvgIpc) is 3.49. The van der Waals surface area contributed by atoms with E-state index in [2.05, 4.69) is 39.7 Å². The molecule has 1 aliphatic rings. The van der Waals surface area contributed by atoms with Gasteiger partial charge in [-0.15, -0.1) is 0 Å². The van der Waals surface area contributed by atoms with Gasteiger partial charge in [0.25, 0.3) is 0 Å². The zero-order valence-corrected chi connectivity index (χ0v) is 20.5. The Bertz CT molecular complexity index is 1270. The predicted octanol–water partition coefficient (Wildman–Crippen LogP) is 6.38. The maximum Gasteiger partial charge on any atom is 0.407 e.